The van der Waals surface area contributed by atoms with Crippen LogP contribution < -0.4 is 11.2 Å². The third-order valence-electron chi connectivity index (χ3n) is 5.05. The Morgan fingerprint density at radius 1 is 1.34 bits per heavy atom. The van der Waals surface area contributed by atoms with Gasteiger partial charge >= 0.3 is 5.69 Å². The van der Waals surface area contributed by atoms with Gasteiger partial charge in [0.1, 0.15) is 0 Å². The van der Waals surface area contributed by atoms with Crippen molar-refractivity contribution in [2.75, 3.05) is 13.1 Å². The highest BCUT2D eigenvalue weighted by atomic mass is 32.1. The first-order valence-corrected chi connectivity index (χ1v) is 10.5. The first kappa shape index (κ1) is 19.3. The fraction of sp³-hybridized carbons (Fsp3) is 0.421. The van der Waals surface area contributed by atoms with Gasteiger partial charge < -0.3 is 14.0 Å². The summed E-state index contributed by atoms with van der Waals surface area (Å²) in [6.07, 6.45) is 4.18. The Balaban J connectivity index is 1.32. The number of H-pyrrole nitrogens is 1. The minimum absolute atomic E-state index is 0.00251. The number of rotatable bonds is 6. The predicted molar refractivity (Wildman–Crippen MR) is 107 cm³/mol. The summed E-state index contributed by atoms with van der Waals surface area (Å²) in [5.74, 6) is 1.44. The first-order chi connectivity index (χ1) is 14.1. The molecule has 1 fully saturated rings. The molecule has 4 heterocycles. The SMILES string of the molecule is O=C(CCn1ccc(=O)[nH]c1=O)N1CCC[C@@H](Cc2nc(-c3ccsc3)no2)C1. The Hall–Kier alpha value is -3.01. The molecule has 4 rings (SSSR count). The number of nitrogens with zero attached hydrogens (tertiary/aromatic N) is 4. The molecule has 1 amide bonds. The molecule has 3 aromatic rings. The highest BCUT2D eigenvalue weighted by molar-refractivity contribution is 7.08. The van der Waals surface area contributed by atoms with Crippen molar-refractivity contribution in [3.63, 3.8) is 0 Å². The molecular formula is C19H21N5O4S. The maximum absolute atomic E-state index is 12.6. The van der Waals surface area contributed by atoms with Gasteiger partial charge in [0.05, 0.1) is 0 Å². The van der Waals surface area contributed by atoms with Crippen LogP contribution in [0.3, 0.4) is 0 Å². The lowest BCUT2D eigenvalue weighted by molar-refractivity contribution is -0.133. The summed E-state index contributed by atoms with van der Waals surface area (Å²) < 4.78 is 6.73. The van der Waals surface area contributed by atoms with E-state index in [2.05, 4.69) is 15.1 Å². The Labute approximate surface area is 170 Å². The summed E-state index contributed by atoms with van der Waals surface area (Å²) in [5.41, 5.74) is 0.00205. The van der Waals surface area contributed by atoms with E-state index in [4.69, 9.17) is 4.52 Å². The first-order valence-electron chi connectivity index (χ1n) is 9.51. The molecule has 1 aliphatic heterocycles. The van der Waals surface area contributed by atoms with Gasteiger partial charge in [0.15, 0.2) is 0 Å². The van der Waals surface area contributed by atoms with Crippen LogP contribution in [0.25, 0.3) is 11.4 Å². The smallest absolute Gasteiger partial charge is 0.328 e. The molecule has 152 valence electrons. The molecule has 0 unspecified atom stereocenters. The van der Waals surface area contributed by atoms with Crippen LogP contribution in [0, 0.1) is 5.92 Å². The standard InChI is InChI=1S/C19H21N5O4S/c25-15-3-7-23(19(27)20-15)8-4-17(26)24-6-1-2-13(11-24)10-16-21-18(22-28-16)14-5-9-29-12-14/h3,5,7,9,12-13H,1-2,4,6,8,10-11H2,(H,20,25,27)/t13-/m0/s1. The van der Waals surface area contributed by atoms with E-state index >= 15 is 0 Å². The lowest BCUT2D eigenvalue weighted by atomic mass is 9.94. The molecule has 1 N–H and O–H groups in total. The number of amides is 1. The van der Waals surface area contributed by atoms with E-state index in [1.54, 1.807) is 11.3 Å². The van der Waals surface area contributed by atoms with Gasteiger partial charge in [-0.15, -0.1) is 0 Å². The van der Waals surface area contributed by atoms with Gasteiger partial charge in [0.2, 0.25) is 17.6 Å². The Morgan fingerprint density at radius 2 is 2.24 bits per heavy atom. The van der Waals surface area contributed by atoms with Crippen molar-refractivity contribution in [1.82, 2.24) is 24.6 Å². The number of aromatic nitrogens is 4. The van der Waals surface area contributed by atoms with E-state index < -0.39 is 11.2 Å². The number of piperidine rings is 1. The number of nitrogens with one attached hydrogen (secondary N) is 1. The van der Waals surface area contributed by atoms with E-state index in [-0.39, 0.29) is 24.8 Å². The molecule has 0 spiro atoms. The van der Waals surface area contributed by atoms with E-state index in [9.17, 15) is 14.4 Å². The molecule has 0 bridgehead atoms. The summed E-state index contributed by atoms with van der Waals surface area (Å²) >= 11 is 1.58. The fourth-order valence-electron chi connectivity index (χ4n) is 3.55. The molecule has 1 saturated heterocycles. The largest absolute Gasteiger partial charge is 0.342 e. The average Bonchev–Trinajstić information content (AvgIpc) is 3.39. The van der Waals surface area contributed by atoms with E-state index in [0.29, 0.717) is 31.2 Å². The van der Waals surface area contributed by atoms with Crippen LogP contribution in [0.15, 0.2) is 43.2 Å². The summed E-state index contributed by atoms with van der Waals surface area (Å²) in [7, 11) is 0. The number of aryl methyl sites for hydroxylation is 1. The molecule has 10 heteroatoms. The van der Waals surface area contributed by atoms with Crippen LogP contribution in [-0.4, -0.2) is 43.6 Å². The Morgan fingerprint density at radius 3 is 3.03 bits per heavy atom. The second-order valence-corrected chi connectivity index (χ2v) is 7.91. The van der Waals surface area contributed by atoms with Crippen LogP contribution >= 0.6 is 11.3 Å². The topological polar surface area (TPSA) is 114 Å². The highest BCUT2D eigenvalue weighted by Gasteiger charge is 2.25. The number of thiophene rings is 1. The van der Waals surface area contributed by atoms with E-state index in [1.807, 2.05) is 21.7 Å². The molecule has 0 radical (unpaired) electrons. The molecule has 0 aromatic carbocycles. The predicted octanol–water partition coefficient (Wildman–Crippen LogP) is 1.52. The zero-order valence-corrected chi connectivity index (χ0v) is 16.6. The van der Waals surface area contributed by atoms with Crippen molar-refractivity contribution >= 4 is 17.2 Å². The van der Waals surface area contributed by atoms with E-state index in [0.717, 1.165) is 18.4 Å². The van der Waals surface area contributed by atoms with Gasteiger partial charge in [-0.3, -0.25) is 14.6 Å². The molecule has 0 saturated carbocycles. The van der Waals surface area contributed by atoms with Crippen molar-refractivity contribution in [3.8, 4) is 11.4 Å². The number of carbonyl (C=O) groups excluding carboxylic acids is 1. The minimum atomic E-state index is -0.500. The molecule has 1 aliphatic rings. The molecule has 0 aliphatic carbocycles. The van der Waals surface area contributed by atoms with Gasteiger partial charge in [-0.2, -0.15) is 16.3 Å². The second-order valence-electron chi connectivity index (χ2n) is 7.13. The van der Waals surface area contributed by atoms with Crippen LogP contribution in [0.2, 0.25) is 0 Å². The van der Waals surface area contributed by atoms with Crippen molar-refractivity contribution in [2.24, 2.45) is 5.92 Å². The quantitative estimate of drug-likeness (QED) is 0.653. The van der Waals surface area contributed by atoms with Gasteiger partial charge in [-0.1, -0.05) is 5.16 Å². The van der Waals surface area contributed by atoms with E-state index in [1.165, 1.54) is 16.8 Å². The number of carbonyl (C=O) groups is 1. The summed E-state index contributed by atoms with van der Waals surface area (Å²) in [5, 5.41) is 7.98. The van der Waals surface area contributed by atoms with Gasteiger partial charge in [-0.05, 0) is 30.2 Å². The monoisotopic (exact) mass is 415 g/mol. The maximum Gasteiger partial charge on any atom is 0.328 e. The normalized spacial score (nSPS) is 16.8. The molecule has 29 heavy (non-hydrogen) atoms. The maximum atomic E-state index is 12.6. The van der Waals surface area contributed by atoms with Crippen LogP contribution in [0.5, 0.6) is 0 Å². The summed E-state index contributed by atoms with van der Waals surface area (Å²) in [6, 6.07) is 3.23. The van der Waals surface area contributed by atoms with Crippen LogP contribution in [0.4, 0.5) is 0 Å². The second kappa shape index (κ2) is 8.56. The Bertz CT molecular complexity index is 1080. The van der Waals surface area contributed by atoms with Gasteiger partial charge in [-0.25, -0.2) is 4.79 Å². The lowest BCUT2D eigenvalue weighted by Gasteiger charge is -2.32. The highest BCUT2D eigenvalue weighted by Crippen LogP contribution is 2.23. The average molecular weight is 415 g/mol. The van der Waals surface area contributed by atoms with Crippen molar-refractivity contribution < 1.29 is 9.32 Å². The molecule has 3 aromatic heterocycles. The summed E-state index contributed by atoms with van der Waals surface area (Å²) in [6.45, 7) is 1.58. The number of likely N-dealkylation sites (tertiary alicyclic amines) is 1. The lowest BCUT2D eigenvalue weighted by Crippen LogP contribution is -2.41. The number of hydrogen-bond donors (Lipinski definition) is 1. The van der Waals surface area contributed by atoms with Crippen molar-refractivity contribution in [3.05, 3.63) is 55.8 Å². The summed E-state index contributed by atoms with van der Waals surface area (Å²) in [4.78, 5) is 43.9. The van der Waals surface area contributed by atoms with Crippen LogP contribution in [0.1, 0.15) is 25.2 Å². The molecule has 9 nitrogen and oxygen atoms in total. The molecular weight excluding hydrogens is 394 g/mol. The van der Waals surface area contributed by atoms with Gasteiger partial charge in [0.25, 0.3) is 5.56 Å². The van der Waals surface area contributed by atoms with Crippen LogP contribution in [-0.2, 0) is 17.8 Å². The third-order valence-corrected chi connectivity index (χ3v) is 5.73. The Kier molecular flexibility index (Phi) is 5.70. The molecule has 1 atom stereocenters. The number of aromatic amines is 1. The zero-order chi connectivity index (χ0) is 20.2. The third kappa shape index (κ3) is 4.70. The van der Waals surface area contributed by atoms with Gasteiger partial charge in [0, 0.05) is 55.7 Å². The zero-order valence-electron chi connectivity index (χ0n) is 15.7. The van der Waals surface area contributed by atoms with Crippen molar-refractivity contribution in [1.29, 1.82) is 0 Å². The number of hydrogen-bond acceptors (Lipinski definition) is 7. The fourth-order valence-corrected chi connectivity index (χ4v) is 4.18. The minimum Gasteiger partial charge on any atom is -0.342 e. The van der Waals surface area contributed by atoms with Crippen molar-refractivity contribution in [2.45, 2.75) is 32.2 Å².